The number of hydrogen-bond acceptors (Lipinski definition) is 0. The first-order chi connectivity index (χ1) is 9.80. The Labute approximate surface area is 144 Å². The van der Waals surface area contributed by atoms with Gasteiger partial charge < -0.3 is 0 Å². The molecule has 0 aromatic heterocycles. The highest BCUT2D eigenvalue weighted by molar-refractivity contribution is 9.09. The maximum Gasteiger partial charge on any atom is 0.00339 e. The highest BCUT2D eigenvalue weighted by atomic mass is 79.9. The highest BCUT2D eigenvalue weighted by Crippen LogP contribution is 2.35. The second kappa shape index (κ2) is 12.5. The fourth-order valence-electron chi connectivity index (χ4n) is 3.70. The van der Waals surface area contributed by atoms with E-state index >= 15 is 0 Å². The molecular formula is C18H34Br2. The molecule has 0 nitrogen and oxygen atoms in total. The van der Waals surface area contributed by atoms with Crippen LogP contribution in [0.2, 0.25) is 0 Å². The predicted octanol–water partition coefficient (Wildman–Crippen LogP) is 7.34. The Morgan fingerprint density at radius 1 is 0.800 bits per heavy atom. The smallest absolute Gasteiger partial charge is 0.00339 e. The highest BCUT2D eigenvalue weighted by Gasteiger charge is 2.21. The molecular weight excluding hydrogens is 376 g/mol. The normalized spacial score (nSPS) is 23.4. The van der Waals surface area contributed by atoms with Crippen molar-refractivity contribution >= 4 is 31.9 Å². The molecule has 0 bridgehead atoms. The van der Waals surface area contributed by atoms with Crippen LogP contribution in [0.25, 0.3) is 0 Å². The molecule has 0 aliphatic heterocycles. The lowest BCUT2D eigenvalue weighted by molar-refractivity contribution is 0.235. The van der Waals surface area contributed by atoms with Crippen LogP contribution in [0.1, 0.15) is 84.0 Å². The van der Waals surface area contributed by atoms with E-state index in [1.165, 1.54) is 87.7 Å². The molecule has 0 saturated heterocycles. The monoisotopic (exact) mass is 408 g/mol. The van der Waals surface area contributed by atoms with E-state index in [2.05, 4.69) is 38.8 Å². The lowest BCUT2D eigenvalue weighted by atomic mass is 9.77. The zero-order chi connectivity index (χ0) is 14.6. The SMILES string of the molecule is CCCCCC1CCC(CCC(CCBr)CCBr)CC1. The summed E-state index contributed by atoms with van der Waals surface area (Å²) in [5.41, 5.74) is 0. The lowest BCUT2D eigenvalue weighted by Gasteiger charge is -2.29. The molecule has 0 heterocycles. The van der Waals surface area contributed by atoms with Crippen molar-refractivity contribution in [2.75, 3.05) is 10.7 Å². The summed E-state index contributed by atoms with van der Waals surface area (Å²) in [6, 6.07) is 0. The Bertz CT molecular complexity index is 203. The molecule has 0 aromatic carbocycles. The van der Waals surface area contributed by atoms with Gasteiger partial charge in [-0.25, -0.2) is 0 Å². The van der Waals surface area contributed by atoms with Crippen LogP contribution < -0.4 is 0 Å². The predicted molar refractivity (Wildman–Crippen MR) is 99.1 cm³/mol. The van der Waals surface area contributed by atoms with E-state index in [0.29, 0.717) is 0 Å². The van der Waals surface area contributed by atoms with Crippen LogP contribution >= 0.6 is 31.9 Å². The molecule has 1 fully saturated rings. The van der Waals surface area contributed by atoms with E-state index < -0.39 is 0 Å². The maximum absolute atomic E-state index is 3.61. The van der Waals surface area contributed by atoms with Crippen molar-refractivity contribution in [2.45, 2.75) is 84.0 Å². The van der Waals surface area contributed by atoms with Crippen LogP contribution in [0, 0.1) is 17.8 Å². The second-order valence-electron chi connectivity index (χ2n) is 6.78. The van der Waals surface area contributed by atoms with Gasteiger partial charge in [0.05, 0.1) is 0 Å². The number of unbranched alkanes of at least 4 members (excludes halogenated alkanes) is 2. The summed E-state index contributed by atoms with van der Waals surface area (Å²) >= 11 is 7.22. The van der Waals surface area contributed by atoms with E-state index in [9.17, 15) is 0 Å². The molecule has 1 aliphatic carbocycles. The van der Waals surface area contributed by atoms with Crippen LogP contribution in [0.15, 0.2) is 0 Å². The first kappa shape index (κ1) is 19.0. The molecule has 1 rings (SSSR count). The summed E-state index contributed by atoms with van der Waals surface area (Å²) in [6.07, 6.45) is 17.6. The van der Waals surface area contributed by atoms with Crippen LogP contribution in [0.3, 0.4) is 0 Å². The van der Waals surface area contributed by atoms with Gasteiger partial charge in [-0.1, -0.05) is 103 Å². The molecule has 0 radical (unpaired) electrons. The minimum Gasteiger partial charge on any atom is -0.0928 e. The Morgan fingerprint density at radius 3 is 1.85 bits per heavy atom. The van der Waals surface area contributed by atoms with Gasteiger partial charge in [-0.05, 0) is 30.6 Å². The fourth-order valence-corrected chi connectivity index (χ4v) is 5.00. The van der Waals surface area contributed by atoms with Crippen LogP contribution in [0.4, 0.5) is 0 Å². The topological polar surface area (TPSA) is 0 Å². The van der Waals surface area contributed by atoms with Crippen LogP contribution in [-0.4, -0.2) is 10.7 Å². The largest absolute Gasteiger partial charge is 0.0928 e. The number of alkyl halides is 2. The number of halogens is 2. The van der Waals surface area contributed by atoms with E-state index in [1.807, 2.05) is 0 Å². The van der Waals surface area contributed by atoms with Crippen molar-refractivity contribution in [3.05, 3.63) is 0 Å². The summed E-state index contributed by atoms with van der Waals surface area (Å²) in [5.74, 6) is 3.06. The van der Waals surface area contributed by atoms with Gasteiger partial charge in [-0.15, -0.1) is 0 Å². The van der Waals surface area contributed by atoms with Crippen molar-refractivity contribution in [3.8, 4) is 0 Å². The average Bonchev–Trinajstić information content (AvgIpc) is 2.47. The lowest BCUT2D eigenvalue weighted by Crippen LogP contribution is -2.16. The molecule has 0 amide bonds. The van der Waals surface area contributed by atoms with E-state index in [1.54, 1.807) is 0 Å². The Morgan fingerprint density at radius 2 is 1.35 bits per heavy atom. The van der Waals surface area contributed by atoms with Gasteiger partial charge >= 0.3 is 0 Å². The molecule has 20 heavy (non-hydrogen) atoms. The summed E-state index contributed by atoms with van der Waals surface area (Å²) in [6.45, 7) is 2.31. The van der Waals surface area contributed by atoms with Crippen molar-refractivity contribution in [3.63, 3.8) is 0 Å². The van der Waals surface area contributed by atoms with Crippen LogP contribution in [0.5, 0.6) is 0 Å². The molecule has 0 atom stereocenters. The fraction of sp³-hybridized carbons (Fsp3) is 1.00. The third-order valence-corrected chi connectivity index (χ3v) is 6.12. The molecule has 0 aromatic rings. The molecule has 0 N–H and O–H groups in total. The molecule has 0 spiro atoms. The van der Waals surface area contributed by atoms with Gasteiger partial charge in [0.2, 0.25) is 0 Å². The first-order valence-corrected chi connectivity index (χ1v) is 11.2. The third-order valence-electron chi connectivity index (χ3n) is 5.20. The molecule has 1 aliphatic rings. The summed E-state index contributed by atoms with van der Waals surface area (Å²) < 4.78 is 0. The number of hydrogen-bond donors (Lipinski definition) is 0. The van der Waals surface area contributed by atoms with Crippen molar-refractivity contribution in [1.82, 2.24) is 0 Å². The van der Waals surface area contributed by atoms with E-state index in [4.69, 9.17) is 0 Å². The average molecular weight is 410 g/mol. The number of rotatable bonds is 11. The van der Waals surface area contributed by atoms with Gasteiger partial charge in [0.1, 0.15) is 0 Å². The van der Waals surface area contributed by atoms with Crippen molar-refractivity contribution in [1.29, 1.82) is 0 Å². The van der Waals surface area contributed by atoms with Crippen LogP contribution in [-0.2, 0) is 0 Å². The molecule has 120 valence electrons. The van der Waals surface area contributed by atoms with Gasteiger partial charge in [0.25, 0.3) is 0 Å². The van der Waals surface area contributed by atoms with E-state index in [-0.39, 0.29) is 0 Å². The van der Waals surface area contributed by atoms with Gasteiger partial charge in [-0.2, -0.15) is 0 Å². The third kappa shape index (κ3) is 8.41. The van der Waals surface area contributed by atoms with Crippen molar-refractivity contribution in [2.24, 2.45) is 17.8 Å². The second-order valence-corrected chi connectivity index (χ2v) is 8.37. The summed E-state index contributed by atoms with van der Waals surface area (Å²) in [5, 5.41) is 2.35. The summed E-state index contributed by atoms with van der Waals surface area (Å²) in [7, 11) is 0. The maximum atomic E-state index is 3.61. The standard InChI is InChI=1S/C18H34Br2/c1-2-3-4-5-16-6-8-17(9-7-16)10-11-18(12-14-19)13-15-20/h16-18H,2-15H2,1H3. The zero-order valence-electron chi connectivity index (χ0n) is 13.4. The minimum atomic E-state index is 0.941. The molecule has 0 unspecified atom stereocenters. The van der Waals surface area contributed by atoms with Gasteiger partial charge in [-0.3, -0.25) is 0 Å². The Hall–Kier alpha value is 0.960. The summed E-state index contributed by atoms with van der Waals surface area (Å²) in [4.78, 5) is 0. The quantitative estimate of drug-likeness (QED) is 0.247. The first-order valence-electron chi connectivity index (χ1n) is 8.92. The zero-order valence-corrected chi connectivity index (χ0v) is 16.6. The van der Waals surface area contributed by atoms with Crippen molar-refractivity contribution < 1.29 is 0 Å². The molecule has 2 heteroatoms. The minimum absolute atomic E-state index is 0.941. The van der Waals surface area contributed by atoms with Gasteiger partial charge in [0, 0.05) is 10.7 Å². The Kier molecular flexibility index (Phi) is 11.9. The van der Waals surface area contributed by atoms with Gasteiger partial charge in [0.15, 0.2) is 0 Å². The Balaban J connectivity index is 2.11. The van der Waals surface area contributed by atoms with E-state index in [0.717, 1.165) is 17.8 Å². The molecule has 1 saturated carbocycles.